The normalized spacial score (nSPS) is 20.8. The first kappa shape index (κ1) is 64.7. The number of piperidine rings is 1. The van der Waals surface area contributed by atoms with Crippen LogP contribution in [0.5, 0.6) is 0 Å². The molecule has 5 heterocycles. The summed E-state index contributed by atoms with van der Waals surface area (Å²) in [6.07, 6.45) is 5.48. The summed E-state index contributed by atoms with van der Waals surface area (Å²) in [5.74, 6) is -3.24. The lowest BCUT2D eigenvalue weighted by Crippen LogP contribution is -2.59. The van der Waals surface area contributed by atoms with Crippen LogP contribution >= 0.6 is 0 Å². The number of carbonyl (C=O) groups excluding carboxylic acids is 10. The lowest BCUT2D eigenvalue weighted by Gasteiger charge is -2.36. The van der Waals surface area contributed by atoms with Crippen molar-refractivity contribution in [3.05, 3.63) is 70.8 Å². The molecule has 5 aliphatic heterocycles. The van der Waals surface area contributed by atoms with Gasteiger partial charge in [0.2, 0.25) is 53.2 Å². The predicted molar refractivity (Wildman–Crippen MR) is 316 cm³/mol. The fraction of sp³-hybridized carbons (Fsp3) is 0.651. The lowest BCUT2D eigenvalue weighted by molar-refractivity contribution is -0.149. The van der Waals surface area contributed by atoms with Crippen LogP contribution < -0.4 is 22.1 Å². The monoisotopic (exact) mass is 1160 g/mol. The standard InChI is InChI=1S/C63H93N11O10/c1-40(2)34-49(61(82)71-27-8-12-51(71)56(65)77)66-58(79)53-14-10-29-73(53)63(84)54-15-11-30-74(54)62(83)50(35-41(3)4)67-57(78)52-13-9-28-72(52)60(81)48-24-31-68(32-25-48)55(76)26-33-69(38-45-18-16-44(36-64)17-19-45)59(80)47-22-20-46(21-23-47)39-70(43(7)75)37-42(5)6/h16-23,40-42,48-54H,8-15,24-39,64H2,1-7H3,(H2,65,77)(H,66,79)(H,67,78)/t49-,50-,51-,52-,53-,54-/m0/s1. The first-order chi connectivity index (χ1) is 40.0. The summed E-state index contributed by atoms with van der Waals surface area (Å²) < 4.78 is 0. The molecule has 0 aromatic heterocycles. The maximum atomic E-state index is 14.7. The van der Waals surface area contributed by atoms with Gasteiger partial charge < -0.3 is 56.4 Å². The zero-order valence-electron chi connectivity index (χ0n) is 50.7. The van der Waals surface area contributed by atoms with Gasteiger partial charge in [0.1, 0.15) is 36.3 Å². The largest absolute Gasteiger partial charge is 0.368 e. The van der Waals surface area contributed by atoms with Gasteiger partial charge in [-0.3, -0.25) is 47.9 Å². The number of nitrogens with two attached hydrogens (primary N) is 2. The Morgan fingerprint density at radius 2 is 0.976 bits per heavy atom. The van der Waals surface area contributed by atoms with Gasteiger partial charge in [-0.05, 0) is 124 Å². The van der Waals surface area contributed by atoms with Crippen molar-refractivity contribution in [3.63, 3.8) is 0 Å². The minimum absolute atomic E-state index is 0.0152. The summed E-state index contributed by atoms with van der Waals surface area (Å²) in [4.78, 5) is 150. The highest BCUT2D eigenvalue weighted by Gasteiger charge is 2.46. The van der Waals surface area contributed by atoms with Gasteiger partial charge in [0, 0.05) is 96.8 Å². The molecule has 7 rings (SSSR count). The number of rotatable bonds is 24. The summed E-state index contributed by atoms with van der Waals surface area (Å²) in [6.45, 7) is 17.3. The Morgan fingerprint density at radius 3 is 1.45 bits per heavy atom. The van der Waals surface area contributed by atoms with Gasteiger partial charge in [-0.2, -0.15) is 0 Å². The van der Waals surface area contributed by atoms with Crippen molar-refractivity contribution in [2.75, 3.05) is 52.4 Å². The molecule has 5 saturated heterocycles. The Labute approximate surface area is 496 Å². The zero-order chi connectivity index (χ0) is 60.9. The Hall–Kier alpha value is -6.90. The van der Waals surface area contributed by atoms with Crippen LogP contribution in [-0.4, -0.2) is 182 Å². The predicted octanol–water partition coefficient (Wildman–Crippen LogP) is 3.93. The molecular formula is C63H93N11O10. The smallest absolute Gasteiger partial charge is 0.254 e. The number of nitrogens with zero attached hydrogens (tertiary/aromatic N) is 7. The van der Waals surface area contributed by atoms with Crippen molar-refractivity contribution < 1.29 is 47.9 Å². The second kappa shape index (κ2) is 29.8. The molecule has 6 N–H and O–H groups in total. The fourth-order valence-corrected chi connectivity index (χ4v) is 12.9. The molecule has 5 aliphatic rings. The molecule has 2 aromatic carbocycles. The zero-order valence-corrected chi connectivity index (χ0v) is 50.7. The highest BCUT2D eigenvalue weighted by molar-refractivity contribution is 5.98. The van der Waals surface area contributed by atoms with Crippen LogP contribution in [0.15, 0.2) is 48.5 Å². The maximum Gasteiger partial charge on any atom is 0.254 e. The van der Waals surface area contributed by atoms with Gasteiger partial charge in [-0.15, -0.1) is 0 Å². The number of carbonyl (C=O) groups is 10. The third-order valence-corrected chi connectivity index (χ3v) is 17.3. The van der Waals surface area contributed by atoms with Gasteiger partial charge in [0.05, 0.1) is 0 Å². The first-order valence-corrected chi connectivity index (χ1v) is 30.9. The van der Waals surface area contributed by atoms with Crippen molar-refractivity contribution in [1.29, 1.82) is 0 Å². The molecule has 0 unspecified atom stereocenters. The number of likely N-dealkylation sites (tertiary alicyclic amines) is 5. The van der Waals surface area contributed by atoms with E-state index < -0.39 is 65.8 Å². The van der Waals surface area contributed by atoms with Crippen LogP contribution in [-0.2, 0) is 62.8 Å². The van der Waals surface area contributed by atoms with Gasteiger partial charge in [-0.1, -0.05) is 77.9 Å². The van der Waals surface area contributed by atoms with Crippen LogP contribution in [0, 0.1) is 23.7 Å². The van der Waals surface area contributed by atoms with E-state index in [4.69, 9.17) is 11.5 Å². The molecule has 10 amide bonds. The number of primary amides is 1. The average Bonchev–Trinajstić information content (AvgIpc) is 4.47. The van der Waals surface area contributed by atoms with E-state index >= 15 is 0 Å². The van der Waals surface area contributed by atoms with E-state index in [1.807, 2.05) is 64.1 Å². The Bertz CT molecular complexity index is 2670. The van der Waals surface area contributed by atoms with Crippen molar-refractivity contribution in [2.45, 2.75) is 188 Å². The number of benzene rings is 2. The molecule has 84 heavy (non-hydrogen) atoms. The molecule has 0 radical (unpaired) electrons. The number of nitrogens with one attached hydrogen (secondary N) is 2. The highest BCUT2D eigenvalue weighted by atomic mass is 16.2. The lowest BCUT2D eigenvalue weighted by atomic mass is 9.94. The molecule has 0 spiro atoms. The van der Waals surface area contributed by atoms with Gasteiger partial charge in [0.15, 0.2) is 0 Å². The molecule has 0 saturated carbocycles. The van der Waals surface area contributed by atoms with E-state index in [2.05, 4.69) is 24.5 Å². The molecule has 2 aromatic rings. The molecule has 5 fully saturated rings. The number of amides is 10. The van der Waals surface area contributed by atoms with Crippen molar-refractivity contribution in [1.82, 2.24) is 44.9 Å². The van der Waals surface area contributed by atoms with Crippen LogP contribution in [0.1, 0.15) is 159 Å². The number of hydrogen-bond acceptors (Lipinski definition) is 11. The summed E-state index contributed by atoms with van der Waals surface area (Å²) in [7, 11) is 0. The summed E-state index contributed by atoms with van der Waals surface area (Å²) in [5.41, 5.74) is 14.7. The Morgan fingerprint density at radius 1 is 0.536 bits per heavy atom. The topological polar surface area (TPSA) is 269 Å². The van der Waals surface area contributed by atoms with Crippen LogP contribution in [0.25, 0.3) is 0 Å². The molecular weight excluding hydrogens is 1070 g/mol. The van der Waals surface area contributed by atoms with Crippen molar-refractivity contribution >= 4 is 59.1 Å². The maximum absolute atomic E-state index is 14.7. The first-order valence-electron chi connectivity index (χ1n) is 30.9. The van der Waals surface area contributed by atoms with E-state index in [-0.39, 0.29) is 66.8 Å². The SMILES string of the molecule is CC(=O)N(Cc1ccc(C(=O)N(CCC(=O)N2CCC(C(=O)N3CCC[C@H]3C(=O)N[C@@H](CC(C)C)C(=O)N3CCC[C@H]3C(=O)N3CCC[C@H]3C(=O)N[C@@H](CC(C)C)C(=O)N3CCC[C@H]3C(N)=O)CC2)Cc2ccc(CN)cc2)cc1)CC(C)C. The third kappa shape index (κ3) is 16.5. The van der Waals surface area contributed by atoms with E-state index in [0.29, 0.717) is 147 Å². The van der Waals surface area contributed by atoms with E-state index in [0.717, 1.165) is 16.7 Å². The van der Waals surface area contributed by atoms with E-state index in [1.54, 1.807) is 38.7 Å². The molecule has 21 heteroatoms. The van der Waals surface area contributed by atoms with Crippen molar-refractivity contribution in [2.24, 2.45) is 35.1 Å². The molecule has 460 valence electrons. The Kier molecular flexibility index (Phi) is 22.9. The fourth-order valence-electron chi connectivity index (χ4n) is 12.9. The van der Waals surface area contributed by atoms with Gasteiger partial charge in [-0.25, -0.2) is 0 Å². The molecule has 0 aliphatic carbocycles. The van der Waals surface area contributed by atoms with Gasteiger partial charge >= 0.3 is 0 Å². The number of hydrogen-bond donors (Lipinski definition) is 4. The van der Waals surface area contributed by atoms with Crippen LogP contribution in [0.3, 0.4) is 0 Å². The minimum atomic E-state index is -0.971. The molecule has 0 bridgehead atoms. The molecule has 21 nitrogen and oxygen atoms in total. The van der Waals surface area contributed by atoms with Gasteiger partial charge in [0.25, 0.3) is 5.91 Å². The summed E-state index contributed by atoms with van der Waals surface area (Å²) in [5, 5.41) is 5.94. The van der Waals surface area contributed by atoms with Crippen LogP contribution in [0.2, 0.25) is 0 Å². The highest BCUT2D eigenvalue weighted by Crippen LogP contribution is 2.30. The second-order valence-corrected chi connectivity index (χ2v) is 25.2. The Balaban J connectivity index is 0.936. The summed E-state index contributed by atoms with van der Waals surface area (Å²) >= 11 is 0. The van der Waals surface area contributed by atoms with E-state index in [1.165, 1.54) is 14.7 Å². The third-order valence-electron chi connectivity index (χ3n) is 17.3. The second-order valence-electron chi connectivity index (χ2n) is 25.2. The van der Waals surface area contributed by atoms with Crippen molar-refractivity contribution in [3.8, 4) is 0 Å². The van der Waals surface area contributed by atoms with Crippen LogP contribution in [0.4, 0.5) is 0 Å². The van der Waals surface area contributed by atoms with E-state index in [9.17, 15) is 47.9 Å². The quantitative estimate of drug-likeness (QED) is 0.117. The minimum Gasteiger partial charge on any atom is -0.368 e. The molecule has 6 atom stereocenters. The average molecular weight is 1160 g/mol. The summed E-state index contributed by atoms with van der Waals surface area (Å²) in [6, 6.07) is 9.81.